The van der Waals surface area contributed by atoms with Crippen molar-refractivity contribution in [1.29, 1.82) is 0 Å². The summed E-state index contributed by atoms with van der Waals surface area (Å²) in [5.41, 5.74) is 7.20. The van der Waals surface area contributed by atoms with Gasteiger partial charge in [0.15, 0.2) is 15.6 Å². The van der Waals surface area contributed by atoms with E-state index in [9.17, 15) is 13.2 Å². The van der Waals surface area contributed by atoms with Crippen LogP contribution in [0.2, 0.25) is 0 Å². The van der Waals surface area contributed by atoms with E-state index >= 15 is 0 Å². The van der Waals surface area contributed by atoms with Crippen LogP contribution >= 0.6 is 0 Å². The zero-order valence-electron chi connectivity index (χ0n) is 14.0. The van der Waals surface area contributed by atoms with Crippen LogP contribution in [0.25, 0.3) is 0 Å². The molecule has 3 rings (SSSR count). The van der Waals surface area contributed by atoms with Gasteiger partial charge in [0.1, 0.15) is 11.5 Å². The SMILES string of the molecule is CS(=O)(=O)c1ccc(C(=O)c2ccc(Oc3ccc(N)cc3)cc2)cc1. The summed E-state index contributed by atoms with van der Waals surface area (Å²) in [6, 6.07) is 19.6. The van der Waals surface area contributed by atoms with Crippen LogP contribution in [0.1, 0.15) is 15.9 Å². The fourth-order valence-electron chi connectivity index (χ4n) is 2.37. The van der Waals surface area contributed by atoms with E-state index in [1.54, 1.807) is 48.5 Å². The Morgan fingerprint density at radius 1 is 0.769 bits per heavy atom. The van der Waals surface area contributed by atoms with Crippen molar-refractivity contribution < 1.29 is 17.9 Å². The molecular formula is C20H17NO4S. The Morgan fingerprint density at radius 2 is 1.19 bits per heavy atom. The minimum atomic E-state index is -3.28. The number of anilines is 1. The lowest BCUT2D eigenvalue weighted by Gasteiger charge is -2.07. The number of benzene rings is 3. The van der Waals surface area contributed by atoms with Gasteiger partial charge in [0.05, 0.1) is 4.90 Å². The van der Waals surface area contributed by atoms with Crippen molar-refractivity contribution in [3.05, 3.63) is 83.9 Å². The molecule has 0 aromatic heterocycles. The molecule has 0 aliphatic heterocycles. The van der Waals surface area contributed by atoms with Crippen LogP contribution in [-0.2, 0) is 9.84 Å². The first-order chi connectivity index (χ1) is 12.3. The number of hydrogen-bond donors (Lipinski definition) is 1. The van der Waals surface area contributed by atoms with Gasteiger partial charge in [0, 0.05) is 23.1 Å². The maximum Gasteiger partial charge on any atom is 0.193 e. The number of sulfone groups is 1. The van der Waals surface area contributed by atoms with E-state index in [1.807, 2.05) is 0 Å². The average molecular weight is 367 g/mol. The molecular weight excluding hydrogens is 350 g/mol. The van der Waals surface area contributed by atoms with Crippen LogP contribution in [0.5, 0.6) is 11.5 Å². The summed E-state index contributed by atoms with van der Waals surface area (Å²) in [5, 5.41) is 0. The lowest BCUT2D eigenvalue weighted by atomic mass is 10.0. The van der Waals surface area contributed by atoms with Crippen LogP contribution in [0.15, 0.2) is 77.7 Å². The lowest BCUT2D eigenvalue weighted by molar-refractivity contribution is 0.103. The average Bonchev–Trinajstić information content (AvgIpc) is 2.63. The second-order valence-corrected chi connectivity index (χ2v) is 7.84. The highest BCUT2D eigenvalue weighted by Gasteiger charge is 2.12. The maximum atomic E-state index is 12.5. The molecule has 5 nitrogen and oxygen atoms in total. The number of hydrogen-bond acceptors (Lipinski definition) is 5. The van der Waals surface area contributed by atoms with Crippen molar-refractivity contribution in [1.82, 2.24) is 0 Å². The molecule has 0 spiro atoms. The highest BCUT2D eigenvalue weighted by Crippen LogP contribution is 2.23. The second-order valence-electron chi connectivity index (χ2n) is 5.82. The number of rotatable bonds is 5. The van der Waals surface area contributed by atoms with Crippen molar-refractivity contribution in [3.8, 4) is 11.5 Å². The zero-order valence-corrected chi connectivity index (χ0v) is 14.9. The standard InChI is InChI=1S/C20H17NO4S/c1-26(23,24)19-12-4-15(5-13-19)20(22)14-2-8-17(9-3-14)25-18-10-6-16(21)7-11-18/h2-13H,21H2,1H3. The molecule has 0 bridgehead atoms. The van der Waals surface area contributed by atoms with Gasteiger partial charge in [-0.1, -0.05) is 0 Å². The summed E-state index contributed by atoms with van der Waals surface area (Å²) in [6.45, 7) is 0. The minimum Gasteiger partial charge on any atom is -0.457 e. The Bertz CT molecular complexity index is 1020. The molecule has 3 aromatic rings. The van der Waals surface area contributed by atoms with E-state index in [-0.39, 0.29) is 10.7 Å². The van der Waals surface area contributed by atoms with Crippen molar-refractivity contribution in [2.24, 2.45) is 0 Å². The van der Waals surface area contributed by atoms with Gasteiger partial charge in [-0.05, 0) is 72.8 Å². The first-order valence-corrected chi connectivity index (χ1v) is 9.70. The number of ketones is 1. The summed E-state index contributed by atoms with van der Waals surface area (Å²) < 4.78 is 28.7. The molecule has 0 amide bonds. The topological polar surface area (TPSA) is 86.5 Å². The van der Waals surface area contributed by atoms with Gasteiger partial charge < -0.3 is 10.5 Å². The summed E-state index contributed by atoms with van der Waals surface area (Å²) in [6.07, 6.45) is 1.13. The monoisotopic (exact) mass is 367 g/mol. The van der Waals surface area contributed by atoms with Crippen LogP contribution in [-0.4, -0.2) is 20.5 Å². The molecule has 0 saturated carbocycles. The molecule has 6 heteroatoms. The molecule has 0 heterocycles. The molecule has 0 aliphatic carbocycles. The van der Waals surface area contributed by atoms with Crippen molar-refractivity contribution >= 4 is 21.3 Å². The van der Waals surface area contributed by atoms with Gasteiger partial charge in [0.25, 0.3) is 0 Å². The first kappa shape index (κ1) is 17.7. The molecule has 26 heavy (non-hydrogen) atoms. The number of ether oxygens (including phenoxy) is 1. The van der Waals surface area contributed by atoms with Gasteiger partial charge in [0.2, 0.25) is 0 Å². The lowest BCUT2D eigenvalue weighted by Crippen LogP contribution is -2.03. The van der Waals surface area contributed by atoms with Crippen LogP contribution < -0.4 is 10.5 Å². The van der Waals surface area contributed by atoms with E-state index in [2.05, 4.69) is 0 Å². The summed E-state index contributed by atoms with van der Waals surface area (Å²) in [4.78, 5) is 12.7. The highest BCUT2D eigenvalue weighted by atomic mass is 32.2. The molecule has 0 atom stereocenters. The molecule has 0 unspecified atom stereocenters. The molecule has 0 fully saturated rings. The number of nitrogens with two attached hydrogens (primary N) is 1. The van der Waals surface area contributed by atoms with Gasteiger partial charge in [-0.3, -0.25) is 4.79 Å². The van der Waals surface area contributed by atoms with E-state index in [0.29, 0.717) is 28.3 Å². The summed E-state index contributed by atoms with van der Waals surface area (Å²) in [7, 11) is -3.28. The maximum absolute atomic E-state index is 12.5. The Labute approximate surface area is 152 Å². The Balaban J connectivity index is 1.75. The number of carbonyl (C=O) groups excluding carboxylic acids is 1. The molecule has 0 radical (unpaired) electrons. The van der Waals surface area contributed by atoms with Crippen molar-refractivity contribution in [2.75, 3.05) is 12.0 Å². The fraction of sp³-hybridized carbons (Fsp3) is 0.0500. The van der Waals surface area contributed by atoms with E-state index < -0.39 is 9.84 Å². The Kier molecular flexibility index (Phi) is 4.77. The van der Waals surface area contributed by atoms with Crippen molar-refractivity contribution in [3.63, 3.8) is 0 Å². The first-order valence-electron chi connectivity index (χ1n) is 7.81. The third-order valence-electron chi connectivity index (χ3n) is 3.78. The predicted octanol–water partition coefficient (Wildman–Crippen LogP) is 3.70. The largest absolute Gasteiger partial charge is 0.457 e. The quantitative estimate of drug-likeness (QED) is 0.549. The van der Waals surface area contributed by atoms with Crippen LogP contribution in [0, 0.1) is 0 Å². The molecule has 3 aromatic carbocycles. The van der Waals surface area contributed by atoms with Gasteiger partial charge in [-0.2, -0.15) is 0 Å². The molecule has 2 N–H and O–H groups in total. The highest BCUT2D eigenvalue weighted by molar-refractivity contribution is 7.90. The van der Waals surface area contributed by atoms with E-state index in [0.717, 1.165) is 6.26 Å². The smallest absolute Gasteiger partial charge is 0.193 e. The molecule has 132 valence electrons. The second kappa shape index (κ2) is 7.01. The Morgan fingerprint density at radius 3 is 1.65 bits per heavy atom. The normalized spacial score (nSPS) is 11.1. The minimum absolute atomic E-state index is 0.182. The van der Waals surface area contributed by atoms with Crippen molar-refractivity contribution in [2.45, 2.75) is 4.90 Å². The fourth-order valence-corrected chi connectivity index (χ4v) is 3.00. The number of carbonyl (C=O) groups is 1. The van der Waals surface area contributed by atoms with Gasteiger partial charge in [-0.25, -0.2) is 8.42 Å². The van der Waals surface area contributed by atoms with E-state index in [1.165, 1.54) is 24.3 Å². The third kappa shape index (κ3) is 4.10. The summed E-state index contributed by atoms with van der Waals surface area (Å²) >= 11 is 0. The summed E-state index contributed by atoms with van der Waals surface area (Å²) in [5.74, 6) is 1.05. The van der Waals surface area contributed by atoms with E-state index in [4.69, 9.17) is 10.5 Å². The zero-order chi connectivity index (χ0) is 18.7. The van der Waals surface area contributed by atoms with Gasteiger partial charge in [-0.15, -0.1) is 0 Å². The Hall–Kier alpha value is -3.12. The number of nitrogen functional groups attached to an aromatic ring is 1. The third-order valence-corrected chi connectivity index (χ3v) is 4.91. The van der Waals surface area contributed by atoms with Crippen LogP contribution in [0.3, 0.4) is 0 Å². The van der Waals surface area contributed by atoms with Gasteiger partial charge >= 0.3 is 0 Å². The van der Waals surface area contributed by atoms with Crippen LogP contribution in [0.4, 0.5) is 5.69 Å². The molecule has 0 aliphatic rings. The molecule has 0 saturated heterocycles. The predicted molar refractivity (Wildman–Crippen MR) is 100 cm³/mol.